The summed E-state index contributed by atoms with van der Waals surface area (Å²) in [4.78, 5) is 31.2. The maximum absolute atomic E-state index is 13.9. The van der Waals surface area contributed by atoms with Gasteiger partial charge in [0, 0.05) is 16.5 Å². The van der Waals surface area contributed by atoms with E-state index < -0.39 is 23.7 Å². The summed E-state index contributed by atoms with van der Waals surface area (Å²) in [5.41, 5.74) is 0.355. The van der Waals surface area contributed by atoms with E-state index >= 15 is 0 Å². The van der Waals surface area contributed by atoms with Gasteiger partial charge in [-0.3, -0.25) is 4.79 Å². The van der Waals surface area contributed by atoms with Crippen LogP contribution in [-0.4, -0.2) is 33.1 Å². The van der Waals surface area contributed by atoms with E-state index in [2.05, 4.69) is 22.3 Å². The zero-order valence-electron chi connectivity index (χ0n) is 20.1. The Morgan fingerprint density at radius 3 is 2.68 bits per heavy atom. The normalized spacial score (nSPS) is 15.4. The van der Waals surface area contributed by atoms with Gasteiger partial charge in [0.05, 0.1) is 17.9 Å². The molecule has 5 rings (SSSR count). The molecule has 3 aromatic heterocycles. The third-order valence-corrected chi connectivity index (χ3v) is 7.41. The van der Waals surface area contributed by atoms with Crippen LogP contribution in [0.2, 0.25) is 0 Å². The number of halogens is 3. The Morgan fingerprint density at radius 2 is 1.97 bits per heavy atom. The lowest BCUT2D eigenvalue weighted by Crippen LogP contribution is -2.17. The lowest BCUT2D eigenvalue weighted by atomic mass is 9.88. The number of rotatable bonds is 5. The van der Waals surface area contributed by atoms with Crippen LogP contribution in [0.15, 0.2) is 42.5 Å². The third-order valence-electron chi connectivity index (χ3n) is 6.24. The van der Waals surface area contributed by atoms with Gasteiger partial charge in [0.1, 0.15) is 5.00 Å². The fraction of sp³-hybridized carbons (Fsp3) is 0.308. The standard InChI is InChI=1S/C26H23F3N4O3S/c1-3-36-25(35)22-16-10-9-14(2)11-19(16)37-24(22)31-23(34)18-13-21-30-17(15-7-5-4-6-8-15)12-20(26(27,28)29)33(21)32-18/h4-8,12-14H,3,9-11H2,1-2H3,(H,31,34). The molecule has 1 aromatic carbocycles. The molecule has 0 radical (unpaired) electrons. The number of hydrogen-bond donors (Lipinski definition) is 1. The van der Waals surface area contributed by atoms with Crippen molar-refractivity contribution in [3.63, 3.8) is 0 Å². The van der Waals surface area contributed by atoms with E-state index in [1.807, 2.05) is 0 Å². The molecule has 0 spiro atoms. The molecular formula is C26H23F3N4O3S. The highest BCUT2D eigenvalue weighted by molar-refractivity contribution is 7.17. The number of alkyl halides is 3. The first-order chi connectivity index (χ1) is 17.7. The summed E-state index contributed by atoms with van der Waals surface area (Å²) in [7, 11) is 0. The van der Waals surface area contributed by atoms with E-state index in [1.54, 1.807) is 37.3 Å². The van der Waals surface area contributed by atoms with Crippen LogP contribution in [0.5, 0.6) is 0 Å². The van der Waals surface area contributed by atoms with E-state index in [0.717, 1.165) is 29.3 Å². The zero-order valence-corrected chi connectivity index (χ0v) is 20.9. The molecule has 0 saturated heterocycles. The van der Waals surface area contributed by atoms with Crippen molar-refractivity contribution in [3.8, 4) is 11.3 Å². The molecule has 192 valence electrons. The molecule has 0 aliphatic heterocycles. The van der Waals surface area contributed by atoms with Gasteiger partial charge in [-0.15, -0.1) is 11.3 Å². The summed E-state index contributed by atoms with van der Waals surface area (Å²) in [5.74, 6) is -0.834. The first kappa shape index (κ1) is 24.9. The lowest BCUT2D eigenvalue weighted by Gasteiger charge is -2.18. The first-order valence-electron chi connectivity index (χ1n) is 11.8. The first-order valence-corrected chi connectivity index (χ1v) is 12.6. The summed E-state index contributed by atoms with van der Waals surface area (Å²) in [6.07, 6.45) is -2.36. The zero-order chi connectivity index (χ0) is 26.3. The molecule has 1 aliphatic rings. The van der Waals surface area contributed by atoms with Gasteiger partial charge in [-0.2, -0.15) is 18.3 Å². The SMILES string of the molecule is CCOC(=O)c1c(NC(=O)c2cc3nc(-c4ccccc4)cc(C(F)(F)F)n3n2)sc2c1CCC(C)C2. The number of thiophene rings is 1. The molecule has 1 amide bonds. The second kappa shape index (κ2) is 9.62. The smallest absolute Gasteiger partial charge is 0.433 e. The molecule has 3 heterocycles. The molecule has 1 atom stereocenters. The number of anilines is 1. The quantitative estimate of drug-likeness (QED) is 0.320. The van der Waals surface area contributed by atoms with Crippen molar-refractivity contribution < 1.29 is 27.5 Å². The Bertz CT molecular complexity index is 1490. The maximum Gasteiger partial charge on any atom is 0.433 e. The van der Waals surface area contributed by atoms with Crippen LogP contribution in [0, 0.1) is 5.92 Å². The molecule has 37 heavy (non-hydrogen) atoms. The molecule has 0 fully saturated rings. The van der Waals surface area contributed by atoms with Crippen molar-refractivity contribution in [2.45, 2.75) is 39.3 Å². The summed E-state index contributed by atoms with van der Waals surface area (Å²) >= 11 is 1.29. The number of ether oxygens (including phenoxy) is 1. The molecule has 11 heteroatoms. The van der Waals surface area contributed by atoms with Gasteiger partial charge in [-0.05, 0) is 43.7 Å². The monoisotopic (exact) mass is 528 g/mol. The molecule has 1 unspecified atom stereocenters. The number of fused-ring (bicyclic) bond motifs is 2. The molecule has 7 nitrogen and oxygen atoms in total. The minimum atomic E-state index is -4.73. The average Bonchev–Trinajstić information content (AvgIpc) is 3.44. The van der Waals surface area contributed by atoms with Crippen LogP contribution >= 0.6 is 11.3 Å². The summed E-state index contributed by atoms with van der Waals surface area (Å²) in [6.45, 7) is 3.99. The van der Waals surface area contributed by atoms with Gasteiger partial charge >= 0.3 is 12.1 Å². The number of esters is 1. The summed E-state index contributed by atoms with van der Waals surface area (Å²) < 4.78 is 47.6. The number of carbonyl (C=O) groups is 2. The van der Waals surface area contributed by atoms with Crippen molar-refractivity contribution in [1.29, 1.82) is 0 Å². The second-order valence-corrected chi connectivity index (χ2v) is 10.0. The van der Waals surface area contributed by atoms with Crippen LogP contribution in [0.25, 0.3) is 16.9 Å². The Hall–Kier alpha value is -3.73. The second-order valence-electron chi connectivity index (χ2n) is 8.92. The highest BCUT2D eigenvalue weighted by atomic mass is 32.1. The molecule has 0 bridgehead atoms. The minimum absolute atomic E-state index is 0.108. The number of carbonyl (C=O) groups excluding carboxylic acids is 2. The van der Waals surface area contributed by atoms with Crippen molar-refractivity contribution in [2.75, 3.05) is 11.9 Å². The van der Waals surface area contributed by atoms with Crippen molar-refractivity contribution in [2.24, 2.45) is 5.92 Å². The van der Waals surface area contributed by atoms with E-state index in [1.165, 1.54) is 17.4 Å². The minimum Gasteiger partial charge on any atom is -0.462 e. The highest BCUT2D eigenvalue weighted by Gasteiger charge is 2.36. The predicted molar refractivity (Wildman–Crippen MR) is 133 cm³/mol. The molecule has 1 aliphatic carbocycles. The van der Waals surface area contributed by atoms with E-state index in [0.29, 0.717) is 33.0 Å². The number of nitrogens with zero attached hydrogens (tertiary/aromatic N) is 3. The molecular weight excluding hydrogens is 505 g/mol. The Labute approximate surface area is 214 Å². The fourth-order valence-electron chi connectivity index (χ4n) is 4.47. The van der Waals surface area contributed by atoms with E-state index in [9.17, 15) is 22.8 Å². The van der Waals surface area contributed by atoms with E-state index in [4.69, 9.17) is 4.74 Å². The van der Waals surface area contributed by atoms with Crippen LogP contribution in [0.1, 0.15) is 57.2 Å². The van der Waals surface area contributed by atoms with Crippen molar-refractivity contribution >= 4 is 33.9 Å². The number of benzene rings is 1. The average molecular weight is 529 g/mol. The predicted octanol–water partition coefficient (Wildman–Crippen LogP) is 6.03. The van der Waals surface area contributed by atoms with Gasteiger partial charge in [0.25, 0.3) is 5.91 Å². The largest absolute Gasteiger partial charge is 0.462 e. The van der Waals surface area contributed by atoms with Crippen molar-refractivity contribution in [1.82, 2.24) is 14.6 Å². The van der Waals surface area contributed by atoms with Crippen molar-refractivity contribution in [3.05, 3.63) is 69.9 Å². The van der Waals surface area contributed by atoms with Gasteiger partial charge in [-0.25, -0.2) is 14.3 Å². The van der Waals surface area contributed by atoms with Gasteiger partial charge in [0.2, 0.25) is 0 Å². The Balaban J connectivity index is 1.54. The van der Waals surface area contributed by atoms with Gasteiger partial charge < -0.3 is 10.1 Å². The fourth-order valence-corrected chi connectivity index (χ4v) is 5.86. The van der Waals surface area contributed by atoms with Crippen LogP contribution in [0.3, 0.4) is 0 Å². The van der Waals surface area contributed by atoms with E-state index in [-0.39, 0.29) is 23.6 Å². The number of aromatic nitrogens is 3. The summed E-state index contributed by atoms with van der Waals surface area (Å²) in [6, 6.07) is 10.6. The summed E-state index contributed by atoms with van der Waals surface area (Å²) in [5, 5.41) is 6.94. The van der Waals surface area contributed by atoms with Crippen LogP contribution < -0.4 is 5.32 Å². The number of nitrogens with one attached hydrogen (secondary N) is 1. The maximum atomic E-state index is 13.9. The molecule has 4 aromatic rings. The van der Waals surface area contributed by atoms with Crippen LogP contribution in [-0.2, 0) is 23.8 Å². The number of hydrogen-bond acceptors (Lipinski definition) is 6. The highest BCUT2D eigenvalue weighted by Crippen LogP contribution is 2.40. The Kier molecular flexibility index (Phi) is 6.49. The topological polar surface area (TPSA) is 85.6 Å². The number of amides is 1. The van der Waals surface area contributed by atoms with Gasteiger partial charge in [-0.1, -0.05) is 37.3 Å². The van der Waals surface area contributed by atoms with Gasteiger partial charge in [0.15, 0.2) is 17.0 Å². The molecule has 0 saturated carbocycles. The lowest BCUT2D eigenvalue weighted by molar-refractivity contribution is -0.142. The Morgan fingerprint density at radius 1 is 1.22 bits per heavy atom. The van der Waals surface area contributed by atoms with Crippen LogP contribution in [0.4, 0.5) is 18.2 Å². The molecule has 1 N–H and O–H groups in total. The third kappa shape index (κ3) is 4.83.